The zero-order chi connectivity index (χ0) is 43.2. The fraction of sp³-hybridized carbons (Fsp3) is 0.378. The lowest BCUT2D eigenvalue weighted by atomic mass is 9.99. The molecule has 12 nitrogen and oxygen atoms in total. The Labute approximate surface area is 375 Å². The number of carbonyl (C=O) groups is 2. The number of benzene rings is 2. The molecule has 8 rings (SSSR count). The molecule has 6 aromatic rings. The molecule has 0 fully saturated rings. The van der Waals surface area contributed by atoms with Gasteiger partial charge in [0.05, 0.1) is 30.4 Å². The van der Waals surface area contributed by atoms with Gasteiger partial charge in [0.1, 0.15) is 33.7 Å². The molecular weight excluding hydrogens is 850 g/mol. The molecule has 0 saturated heterocycles. The van der Waals surface area contributed by atoms with Gasteiger partial charge in [-0.2, -0.15) is 0 Å². The van der Waals surface area contributed by atoms with Crippen molar-refractivity contribution in [3.63, 3.8) is 0 Å². The zero-order valence-electron chi connectivity index (χ0n) is 35.2. The smallest absolute Gasteiger partial charge is 0.308 e. The van der Waals surface area contributed by atoms with Crippen LogP contribution in [0.15, 0.2) is 58.5 Å². The Morgan fingerprint density at radius 3 is 1.48 bits per heavy atom. The molecular formula is C45H51Cl2N9O3S2. The second-order valence-corrected chi connectivity index (χ2v) is 18.8. The van der Waals surface area contributed by atoms with Crippen LogP contribution in [-0.2, 0) is 14.3 Å². The average molecular weight is 901 g/mol. The number of aromatic nitrogens is 6. The zero-order valence-corrected chi connectivity index (χ0v) is 38.4. The molecule has 1 amide bonds. The number of rotatable bonds is 8. The predicted octanol–water partition coefficient (Wildman–Crippen LogP) is 10.5. The summed E-state index contributed by atoms with van der Waals surface area (Å²) in [4.78, 5) is 37.7. The third-order valence-corrected chi connectivity index (χ3v) is 13.2. The molecule has 61 heavy (non-hydrogen) atoms. The van der Waals surface area contributed by atoms with E-state index in [-0.39, 0.29) is 44.3 Å². The summed E-state index contributed by atoms with van der Waals surface area (Å²) in [7, 11) is 0. The summed E-state index contributed by atoms with van der Waals surface area (Å²) in [5, 5.41) is 23.8. The van der Waals surface area contributed by atoms with Gasteiger partial charge in [-0.25, -0.2) is 0 Å². The first-order valence-corrected chi connectivity index (χ1v) is 22.1. The molecule has 2 atom stereocenters. The van der Waals surface area contributed by atoms with Crippen LogP contribution in [0.1, 0.15) is 126 Å². The summed E-state index contributed by atoms with van der Waals surface area (Å²) < 4.78 is 9.48. The van der Waals surface area contributed by atoms with Crippen LogP contribution >= 0.6 is 45.9 Å². The van der Waals surface area contributed by atoms with Gasteiger partial charge < -0.3 is 10.1 Å². The van der Waals surface area contributed by atoms with Gasteiger partial charge in [0.15, 0.2) is 11.6 Å². The van der Waals surface area contributed by atoms with Crippen molar-refractivity contribution < 1.29 is 14.3 Å². The Hall–Kier alpha value is -5.02. The Morgan fingerprint density at radius 2 is 1.08 bits per heavy atom. The maximum Gasteiger partial charge on any atom is 0.308 e. The lowest BCUT2D eigenvalue weighted by Crippen LogP contribution is -2.31. The van der Waals surface area contributed by atoms with E-state index >= 15 is 0 Å². The highest BCUT2D eigenvalue weighted by atomic mass is 35.5. The SMILES string of the molecule is C.Cc1sc2c(c1C)C(c1ccc(Cl)cc1)=NC(CC(=O)NC(C)C)c1nnc(C)n1-2.Cc1sc2c(c1C)C(c1ccc(Cl)cc1)=NC(CC(=O)OC(C)C)c1nnc(C)n1-2. The highest BCUT2D eigenvalue weighted by Gasteiger charge is 2.34. The molecule has 0 bridgehead atoms. The highest BCUT2D eigenvalue weighted by molar-refractivity contribution is 7.15. The van der Waals surface area contributed by atoms with Crippen LogP contribution < -0.4 is 5.32 Å². The summed E-state index contributed by atoms with van der Waals surface area (Å²) in [6, 6.07) is 14.4. The summed E-state index contributed by atoms with van der Waals surface area (Å²) in [5.74, 6) is 2.54. The van der Waals surface area contributed by atoms with E-state index in [4.69, 9.17) is 37.9 Å². The number of amides is 1. The molecule has 6 heterocycles. The fourth-order valence-electron chi connectivity index (χ4n) is 7.29. The maximum atomic E-state index is 12.6. The fourth-order valence-corrected chi connectivity index (χ4v) is 9.97. The Balaban J connectivity index is 0.000000201. The minimum absolute atomic E-state index is 0. The van der Waals surface area contributed by atoms with Gasteiger partial charge in [0.25, 0.3) is 0 Å². The van der Waals surface area contributed by atoms with Crippen LogP contribution in [0.25, 0.3) is 10.0 Å². The number of hydrogen-bond acceptors (Lipinski definition) is 11. The van der Waals surface area contributed by atoms with E-state index in [0.29, 0.717) is 21.7 Å². The molecule has 0 spiro atoms. The molecule has 4 aromatic heterocycles. The molecule has 2 aliphatic heterocycles. The molecule has 2 aromatic carbocycles. The normalized spacial score (nSPS) is 15.2. The maximum absolute atomic E-state index is 12.6. The largest absolute Gasteiger partial charge is 0.463 e. The molecule has 2 unspecified atom stereocenters. The van der Waals surface area contributed by atoms with Gasteiger partial charge in [-0.1, -0.05) is 54.9 Å². The van der Waals surface area contributed by atoms with Crippen LogP contribution in [-0.4, -0.2) is 65.0 Å². The molecule has 2 aliphatic rings. The number of thiophene rings is 2. The first-order chi connectivity index (χ1) is 28.5. The third-order valence-electron chi connectivity index (χ3n) is 10.3. The summed E-state index contributed by atoms with van der Waals surface area (Å²) in [6.07, 6.45) is 0.120. The summed E-state index contributed by atoms with van der Waals surface area (Å²) in [5.41, 5.74) is 8.04. The Kier molecular flexibility index (Phi) is 13.8. The van der Waals surface area contributed by atoms with E-state index in [9.17, 15) is 9.59 Å². The second kappa shape index (κ2) is 18.5. The molecule has 0 radical (unpaired) electrons. The standard InChI is InChI=1S/C22H24ClN5OS.C22H23ClN4O2S.CH4/c1-11(2)24-18(29)10-17-21-27-26-14(5)28(21)22-19(12(3)13(4)30-22)20(25-17)15-6-8-16(23)9-7-15;1-11(2)29-18(28)10-17-21-26-25-14(5)27(21)22-19(12(3)13(4)30-22)20(24-17)15-6-8-16(23)9-7-15;/h6-9,11,17H,10H2,1-5H3,(H,24,29);6-9,11,17H,10H2,1-5H3;1H4. The van der Waals surface area contributed by atoms with Crippen molar-refractivity contribution in [2.75, 3.05) is 0 Å². The van der Waals surface area contributed by atoms with Crippen molar-refractivity contribution in [1.82, 2.24) is 34.8 Å². The molecule has 0 aliphatic carbocycles. The van der Waals surface area contributed by atoms with Crippen LogP contribution in [0.5, 0.6) is 0 Å². The number of carbonyl (C=O) groups excluding carboxylic acids is 2. The van der Waals surface area contributed by atoms with Crippen LogP contribution in [0, 0.1) is 41.5 Å². The first-order valence-electron chi connectivity index (χ1n) is 19.7. The minimum Gasteiger partial charge on any atom is -0.463 e. The summed E-state index contributed by atoms with van der Waals surface area (Å²) >= 11 is 15.6. The lowest BCUT2D eigenvalue weighted by Gasteiger charge is -2.14. The van der Waals surface area contributed by atoms with E-state index in [1.165, 1.54) is 15.3 Å². The number of nitrogens with zero attached hydrogens (tertiary/aromatic N) is 8. The molecule has 320 valence electrons. The first kappa shape index (κ1) is 45.5. The van der Waals surface area contributed by atoms with Crippen molar-refractivity contribution in [2.45, 2.75) is 114 Å². The topological polar surface area (TPSA) is 142 Å². The number of halogens is 2. The number of aliphatic imine (C=N–C) groups is 2. The molecule has 1 N–H and O–H groups in total. The van der Waals surface area contributed by atoms with Crippen molar-refractivity contribution in [3.8, 4) is 10.0 Å². The van der Waals surface area contributed by atoms with Gasteiger partial charge in [0.2, 0.25) is 5.91 Å². The van der Waals surface area contributed by atoms with E-state index in [1.54, 1.807) is 22.7 Å². The van der Waals surface area contributed by atoms with Gasteiger partial charge in [-0.3, -0.25) is 28.7 Å². The number of esters is 1. The number of aryl methyl sites for hydroxylation is 4. The average Bonchev–Trinajstić information content (AvgIpc) is 3.87. The number of fused-ring (bicyclic) bond motifs is 6. The van der Waals surface area contributed by atoms with Crippen LogP contribution in [0.3, 0.4) is 0 Å². The predicted molar refractivity (Wildman–Crippen MR) is 247 cm³/mol. The number of hydrogen-bond donors (Lipinski definition) is 1. The second-order valence-electron chi connectivity index (χ2n) is 15.5. The van der Waals surface area contributed by atoms with E-state index < -0.39 is 12.1 Å². The van der Waals surface area contributed by atoms with Crippen LogP contribution in [0.4, 0.5) is 0 Å². The van der Waals surface area contributed by atoms with Crippen molar-refractivity contribution >= 4 is 69.2 Å². The van der Waals surface area contributed by atoms with E-state index in [1.807, 2.05) is 94.6 Å². The Morgan fingerprint density at radius 1 is 0.672 bits per heavy atom. The quantitative estimate of drug-likeness (QED) is 0.150. The molecule has 16 heteroatoms. The van der Waals surface area contributed by atoms with Gasteiger partial charge in [0, 0.05) is 48.1 Å². The lowest BCUT2D eigenvalue weighted by molar-refractivity contribution is -0.147. The monoisotopic (exact) mass is 899 g/mol. The van der Waals surface area contributed by atoms with E-state index in [2.05, 4.69) is 58.0 Å². The van der Waals surface area contributed by atoms with Gasteiger partial charge >= 0.3 is 5.97 Å². The van der Waals surface area contributed by atoms with Crippen molar-refractivity contribution in [1.29, 1.82) is 0 Å². The number of nitrogens with one attached hydrogen (secondary N) is 1. The van der Waals surface area contributed by atoms with Crippen molar-refractivity contribution in [3.05, 3.63) is 125 Å². The molecule has 0 saturated carbocycles. The van der Waals surface area contributed by atoms with Crippen LogP contribution in [0.2, 0.25) is 10.0 Å². The minimum atomic E-state index is -0.498. The number of ether oxygens (including phenoxy) is 1. The van der Waals surface area contributed by atoms with E-state index in [0.717, 1.165) is 60.9 Å². The Bertz CT molecular complexity index is 2470. The van der Waals surface area contributed by atoms with Gasteiger partial charge in [-0.05, 0) is 105 Å². The third kappa shape index (κ3) is 9.28. The van der Waals surface area contributed by atoms with Crippen molar-refractivity contribution in [2.24, 2.45) is 9.98 Å². The highest BCUT2D eigenvalue weighted by Crippen LogP contribution is 2.41. The van der Waals surface area contributed by atoms with Gasteiger partial charge in [-0.15, -0.1) is 43.1 Å². The summed E-state index contributed by atoms with van der Waals surface area (Å²) in [6.45, 7) is 19.8.